The van der Waals surface area contributed by atoms with Gasteiger partial charge in [-0.05, 0) is 39.2 Å². The van der Waals surface area contributed by atoms with Gasteiger partial charge in [0, 0.05) is 0 Å². The third-order valence-electron chi connectivity index (χ3n) is 2.68. The summed E-state index contributed by atoms with van der Waals surface area (Å²) in [7, 11) is 0. The van der Waals surface area contributed by atoms with E-state index < -0.39 is 0 Å². The van der Waals surface area contributed by atoms with Crippen LogP contribution in [0.2, 0.25) is 0 Å². The summed E-state index contributed by atoms with van der Waals surface area (Å²) in [6.07, 6.45) is 8.88. The van der Waals surface area contributed by atoms with Crippen molar-refractivity contribution >= 4 is 5.97 Å². The highest BCUT2D eigenvalue weighted by molar-refractivity contribution is 5.76. The van der Waals surface area contributed by atoms with Crippen LogP contribution >= 0.6 is 0 Å². The van der Waals surface area contributed by atoms with Crippen molar-refractivity contribution in [1.82, 2.24) is 0 Å². The van der Waals surface area contributed by atoms with Gasteiger partial charge < -0.3 is 4.74 Å². The minimum Gasteiger partial charge on any atom is -0.434 e. The average Bonchev–Trinajstić information content (AvgIpc) is 2.22. The molecule has 2 heteroatoms. The third kappa shape index (κ3) is 6.32. The molecular formula is C13H24O2. The fourth-order valence-electron chi connectivity index (χ4n) is 0.994. The van der Waals surface area contributed by atoms with Crippen molar-refractivity contribution in [3.8, 4) is 0 Å². The first kappa shape index (κ1) is 14.2. The lowest BCUT2D eigenvalue weighted by atomic mass is 9.91. The van der Waals surface area contributed by atoms with E-state index in [0.29, 0.717) is 0 Å². The molecular weight excluding hydrogens is 188 g/mol. The first-order valence-electron chi connectivity index (χ1n) is 5.90. The molecule has 0 aromatic carbocycles. The van der Waals surface area contributed by atoms with E-state index in [4.69, 9.17) is 4.74 Å². The van der Waals surface area contributed by atoms with Crippen LogP contribution in [-0.4, -0.2) is 5.97 Å². The Bertz CT molecular complexity index is 205. The second-order valence-electron chi connectivity index (χ2n) is 4.51. The number of unbranched alkanes of at least 4 members (excludes halogenated alkanes) is 3. The molecule has 0 heterocycles. The standard InChI is InChI=1S/C13H24O2/c1-5-7-8-9-10-11-15-12(14)13(3,4)6-2/h10-11H,5-9H2,1-4H3/b11-10+. The van der Waals surface area contributed by atoms with Gasteiger partial charge in [0.1, 0.15) is 0 Å². The number of ether oxygens (including phenoxy) is 1. The van der Waals surface area contributed by atoms with Crippen molar-refractivity contribution in [3.05, 3.63) is 12.3 Å². The van der Waals surface area contributed by atoms with Crippen LogP contribution in [0, 0.1) is 5.41 Å². The zero-order chi connectivity index (χ0) is 11.7. The van der Waals surface area contributed by atoms with E-state index in [2.05, 4.69) is 6.92 Å². The van der Waals surface area contributed by atoms with Crippen molar-refractivity contribution in [2.75, 3.05) is 0 Å². The molecule has 0 saturated heterocycles. The van der Waals surface area contributed by atoms with Crippen molar-refractivity contribution in [2.24, 2.45) is 5.41 Å². The summed E-state index contributed by atoms with van der Waals surface area (Å²) >= 11 is 0. The molecule has 0 N–H and O–H groups in total. The first-order chi connectivity index (χ1) is 7.04. The molecule has 0 radical (unpaired) electrons. The van der Waals surface area contributed by atoms with E-state index in [9.17, 15) is 4.79 Å². The van der Waals surface area contributed by atoms with Crippen molar-refractivity contribution in [1.29, 1.82) is 0 Å². The number of hydrogen-bond acceptors (Lipinski definition) is 2. The van der Waals surface area contributed by atoms with Gasteiger partial charge in [-0.15, -0.1) is 0 Å². The molecule has 0 fully saturated rings. The summed E-state index contributed by atoms with van der Waals surface area (Å²) in [5.74, 6) is -0.142. The lowest BCUT2D eigenvalue weighted by Gasteiger charge is -2.18. The van der Waals surface area contributed by atoms with Gasteiger partial charge in [-0.1, -0.05) is 26.7 Å². The molecule has 0 aliphatic heterocycles. The molecule has 88 valence electrons. The highest BCUT2D eigenvalue weighted by atomic mass is 16.5. The maximum Gasteiger partial charge on any atom is 0.316 e. The average molecular weight is 212 g/mol. The molecule has 2 nitrogen and oxygen atoms in total. The molecule has 0 rings (SSSR count). The number of esters is 1. The Hall–Kier alpha value is -0.790. The molecule has 0 aliphatic carbocycles. The van der Waals surface area contributed by atoms with Crippen LogP contribution in [0.1, 0.15) is 59.8 Å². The predicted molar refractivity (Wildman–Crippen MR) is 63.4 cm³/mol. The number of carbonyl (C=O) groups is 1. The van der Waals surface area contributed by atoms with Crippen molar-refractivity contribution < 1.29 is 9.53 Å². The van der Waals surface area contributed by atoms with E-state index in [1.807, 2.05) is 26.8 Å². The summed E-state index contributed by atoms with van der Waals surface area (Å²) in [6.45, 7) is 7.97. The smallest absolute Gasteiger partial charge is 0.316 e. The fourth-order valence-corrected chi connectivity index (χ4v) is 0.994. The zero-order valence-corrected chi connectivity index (χ0v) is 10.5. The SMILES string of the molecule is CCCCC/C=C/OC(=O)C(C)(C)CC. The molecule has 0 aromatic heterocycles. The number of rotatable bonds is 7. The molecule has 0 aliphatic rings. The topological polar surface area (TPSA) is 26.3 Å². The van der Waals surface area contributed by atoms with E-state index >= 15 is 0 Å². The molecule has 0 spiro atoms. The minimum atomic E-state index is -0.367. The second kappa shape index (κ2) is 7.49. The van der Waals surface area contributed by atoms with Gasteiger partial charge >= 0.3 is 5.97 Å². The second-order valence-corrected chi connectivity index (χ2v) is 4.51. The highest BCUT2D eigenvalue weighted by Gasteiger charge is 2.26. The number of hydrogen-bond donors (Lipinski definition) is 0. The van der Waals surface area contributed by atoms with E-state index in [1.54, 1.807) is 0 Å². The van der Waals surface area contributed by atoms with Crippen LogP contribution in [0.25, 0.3) is 0 Å². The third-order valence-corrected chi connectivity index (χ3v) is 2.68. The Morgan fingerprint density at radius 3 is 2.47 bits per heavy atom. The first-order valence-corrected chi connectivity index (χ1v) is 5.90. The van der Waals surface area contributed by atoms with Gasteiger partial charge in [-0.2, -0.15) is 0 Å². The largest absolute Gasteiger partial charge is 0.434 e. The predicted octanol–water partition coefficient (Wildman–Crippen LogP) is 4.06. The molecule has 15 heavy (non-hydrogen) atoms. The molecule has 0 saturated carbocycles. The van der Waals surface area contributed by atoms with Crippen molar-refractivity contribution in [2.45, 2.75) is 59.8 Å². The maximum atomic E-state index is 11.5. The Morgan fingerprint density at radius 2 is 1.93 bits per heavy atom. The molecule has 0 amide bonds. The summed E-state index contributed by atoms with van der Waals surface area (Å²) in [5, 5.41) is 0. The monoisotopic (exact) mass is 212 g/mol. The van der Waals surface area contributed by atoms with Gasteiger partial charge in [0.15, 0.2) is 0 Å². The summed E-state index contributed by atoms with van der Waals surface area (Å²) in [5.41, 5.74) is -0.367. The molecule has 0 atom stereocenters. The lowest BCUT2D eigenvalue weighted by Crippen LogP contribution is -2.24. The molecule has 0 aromatic rings. The number of allylic oxidation sites excluding steroid dienone is 1. The highest BCUT2D eigenvalue weighted by Crippen LogP contribution is 2.21. The minimum absolute atomic E-state index is 0.142. The molecule has 0 bridgehead atoms. The fraction of sp³-hybridized carbons (Fsp3) is 0.769. The van der Waals surface area contributed by atoms with Crippen LogP contribution in [0.5, 0.6) is 0 Å². The van der Waals surface area contributed by atoms with Gasteiger partial charge in [0.2, 0.25) is 0 Å². The van der Waals surface area contributed by atoms with Crippen molar-refractivity contribution in [3.63, 3.8) is 0 Å². The quantitative estimate of drug-likeness (QED) is 0.361. The zero-order valence-electron chi connectivity index (χ0n) is 10.5. The van der Waals surface area contributed by atoms with Crippen LogP contribution in [-0.2, 0) is 9.53 Å². The van der Waals surface area contributed by atoms with Crippen LogP contribution < -0.4 is 0 Å². The van der Waals surface area contributed by atoms with E-state index in [-0.39, 0.29) is 11.4 Å². The van der Waals surface area contributed by atoms with E-state index in [0.717, 1.165) is 12.8 Å². The van der Waals surface area contributed by atoms with Crippen LogP contribution in [0.15, 0.2) is 12.3 Å². The van der Waals surface area contributed by atoms with Gasteiger partial charge in [0.25, 0.3) is 0 Å². The lowest BCUT2D eigenvalue weighted by molar-refractivity contribution is -0.148. The maximum absolute atomic E-state index is 11.5. The Morgan fingerprint density at radius 1 is 1.27 bits per heavy atom. The Labute approximate surface area is 93.7 Å². The van der Waals surface area contributed by atoms with Gasteiger partial charge in [-0.25, -0.2) is 0 Å². The Kier molecular flexibility index (Phi) is 7.10. The Balaban J connectivity index is 3.71. The summed E-state index contributed by atoms with van der Waals surface area (Å²) in [4.78, 5) is 11.5. The van der Waals surface area contributed by atoms with Gasteiger partial charge in [0.05, 0.1) is 11.7 Å². The van der Waals surface area contributed by atoms with Gasteiger partial charge in [-0.3, -0.25) is 4.79 Å². The summed E-state index contributed by atoms with van der Waals surface area (Å²) in [6, 6.07) is 0. The normalized spacial score (nSPS) is 12.0. The summed E-state index contributed by atoms with van der Waals surface area (Å²) < 4.78 is 5.06. The van der Waals surface area contributed by atoms with Crippen LogP contribution in [0.4, 0.5) is 0 Å². The molecule has 0 unspecified atom stereocenters. The number of carbonyl (C=O) groups excluding carboxylic acids is 1. The van der Waals surface area contributed by atoms with Crippen LogP contribution in [0.3, 0.4) is 0 Å². The van der Waals surface area contributed by atoms with E-state index in [1.165, 1.54) is 25.5 Å².